The Kier molecular flexibility index (Phi) is 3.76. The van der Waals surface area contributed by atoms with Gasteiger partial charge >= 0.3 is 0 Å². The van der Waals surface area contributed by atoms with E-state index in [0.717, 1.165) is 5.56 Å². The summed E-state index contributed by atoms with van der Waals surface area (Å²) in [7, 11) is 0. The molecular weight excluding hydrogens is 304 g/mol. The number of nitro groups is 1. The molecule has 5 nitrogen and oxygen atoms in total. The summed E-state index contributed by atoms with van der Waals surface area (Å²) in [6, 6.07) is 12.8. The van der Waals surface area contributed by atoms with Gasteiger partial charge in [-0.15, -0.1) is 0 Å². The molecule has 3 aromatic rings. The van der Waals surface area contributed by atoms with Gasteiger partial charge in [-0.2, -0.15) is 0 Å². The Balaban J connectivity index is 1.63. The van der Waals surface area contributed by atoms with Gasteiger partial charge in [0.2, 0.25) is 5.89 Å². The molecule has 24 heavy (non-hydrogen) atoms. The highest BCUT2D eigenvalue weighted by Crippen LogP contribution is 2.34. The number of fused-ring (bicyclic) bond motifs is 1. The van der Waals surface area contributed by atoms with E-state index in [1.54, 1.807) is 6.07 Å². The molecule has 0 saturated heterocycles. The van der Waals surface area contributed by atoms with Gasteiger partial charge in [0.15, 0.2) is 5.58 Å². The summed E-state index contributed by atoms with van der Waals surface area (Å²) >= 11 is 0. The molecule has 0 unspecified atom stereocenters. The highest BCUT2D eigenvalue weighted by atomic mass is 16.6. The molecule has 1 aliphatic rings. The lowest BCUT2D eigenvalue weighted by Crippen LogP contribution is -2.04. The lowest BCUT2D eigenvalue weighted by molar-refractivity contribution is -0.384. The minimum absolute atomic E-state index is 0.0231. The summed E-state index contributed by atoms with van der Waals surface area (Å²) in [6.07, 6.45) is 6.52. The van der Waals surface area contributed by atoms with E-state index in [-0.39, 0.29) is 5.69 Å². The van der Waals surface area contributed by atoms with Crippen LogP contribution in [0.4, 0.5) is 5.69 Å². The number of nitrogens with zero attached hydrogens (tertiary/aromatic N) is 2. The van der Waals surface area contributed by atoms with Crippen molar-refractivity contribution in [1.82, 2.24) is 4.98 Å². The second kappa shape index (κ2) is 6.07. The Hall–Kier alpha value is -2.69. The van der Waals surface area contributed by atoms with E-state index < -0.39 is 4.92 Å². The van der Waals surface area contributed by atoms with Crippen LogP contribution in [0.3, 0.4) is 0 Å². The molecule has 122 valence electrons. The number of aromatic nitrogens is 1. The van der Waals surface area contributed by atoms with Gasteiger partial charge in [0.25, 0.3) is 5.69 Å². The molecule has 0 atom stereocenters. The summed E-state index contributed by atoms with van der Waals surface area (Å²) in [4.78, 5) is 14.8. The van der Waals surface area contributed by atoms with Crippen molar-refractivity contribution in [3.63, 3.8) is 0 Å². The first kappa shape index (κ1) is 14.9. The molecule has 0 N–H and O–H groups in total. The third-order valence-electron chi connectivity index (χ3n) is 4.82. The van der Waals surface area contributed by atoms with E-state index >= 15 is 0 Å². The molecule has 1 heterocycles. The van der Waals surface area contributed by atoms with Crippen LogP contribution in [0.2, 0.25) is 0 Å². The molecule has 0 aliphatic heterocycles. The van der Waals surface area contributed by atoms with Crippen molar-refractivity contribution in [2.45, 2.75) is 38.0 Å². The monoisotopic (exact) mass is 322 g/mol. The number of rotatable bonds is 3. The van der Waals surface area contributed by atoms with E-state index in [9.17, 15) is 10.1 Å². The zero-order chi connectivity index (χ0) is 16.5. The Morgan fingerprint density at radius 2 is 1.79 bits per heavy atom. The normalized spacial score (nSPS) is 15.7. The molecular formula is C19H18N2O3. The third kappa shape index (κ3) is 2.77. The van der Waals surface area contributed by atoms with Crippen molar-refractivity contribution in [2.24, 2.45) is 0 Å². The number of nitro benzene ring substituents is 1. The van der Waals surface area contributed by atoms with E-state index in [0.29, 0.717) is 22.9 Å². The maximum absolute atomic E-state index is 10.9. The standard InChI is InChI=1S/C19H18N2O3/c22-21(23)16-10-11-18-17(12-16)20-19(24-18)15-8-6-14(7-9-15)13-4-2-1-3-5-13/h6-13H,1-5H2. The summed E-state index contributed by atoms with van der Waals surface area (Å²) in [5.41, 5.74) is 3.37. The highest BCUT2D eigenvalue weighted by Gasteiger charge is 2.16. The summed E-state index contributed by atoms with van der Waals surface area (Å²) in [5.74, 6) is 1.17. The summed E-state index contributed by atoms with van der Waals surface area (Å²) < 4.78 is 5.74. The zero-order valence-electron chi connectivity index (χ0n) is 13.3. The van der Waals surface area contributed by atoms with Gasteiger partial charge < -0.3 is 4.42 Å². The van der Waals surface area contributed by atoms with E-state index in [1.165, 1.54) is 49.8 Å². The van der Waals surface area contributed by atoms with E-state index in [4.69, 9.17) is 4.42 Å². The fraction of sp³-hybridized carbons (Fsp3) is 0.316. The second-order valence-corrected chi connectivity index (χ2v) is 6.39. The molecule has 0 bridgehead atoms. The predicted octanol–water partition coefficient (Wildman–Crippen LogP) is 5.45. The van der Waals surface area contributed by atoms with Crippen LogP contribution in [0.1, 0.15) is 43.6 Å². The third-order valence-corrected chi connectivity index (χ3v) is 4.82. The van der Waals surface area contributed by atoms with Crippen LogP contribution in [0.5, 0.6) is 0 Å². The molecule has 1 saturated carbocycles. The van der Waals surface area contributed by atoms with E-state index in [2.05, 4.69) is 17.1 Å². The van der Waals surface area contributed by atoms with Crippen LogP contribution in [-0.4, -0.2) is 9.91 Å². The van der Waals surface area contributed by atoms with Gasteiger partial charge in [-0.3, -0.25) is 10.1 Å². The van der Waals surface area contributed by atoms with Crippen LogP contribution in [0.25, 0.3) is 22.6 Å². The number of benzene rings is 2. The number of non-ortho nitro benzene ring substituents is 1. The van der Waals surface area contributed by atoms with Crippen molar-refractivity contribution in [2.75, 3.05) is 0 Å². The molecule has 1 aliphatic carbocycles. The topological polar surface area (TPSA) is 69.2 Å². The van der Waals surface area contributed by atoms with Gasteiger partial charge in [-0.1, -0.05) is 31.4 Å². The molecule has 0 radical (unpaired) electrons. The average Bonchev–Trinajstić information content (AvgIpc) is 3.06. The fourth-order valence-electron chi connectivity index (χ4n) is 3.49. The lowest BCUT2D eigenvalue weighted by Gasteiger charge is -2.21. The van der Waals surface area contributed by atoms with E-state index in [1.807, 2.05) is 12.1 Å². The Morgan fingerprint density at radius 1 is 1.04 bits per heavy atom. The molecule has 1 aromatic heterocycles. The van der Waals surface area contributed by atoms with Crippen molar-refractivity contribution < 1.29 is 9.34 Å². The molecule has 4 rings (SSSR count). The first-order valence-corrected chi connectivity index (χ1v) is 8.36. The average molecular weight is 322 g/mol. The Bertz CT molecular complexity index is 877. The lowest BCUT2D eigenvalue weighted by atomic mass is 9.84. The first-order valence-electron chi connectivity index (χ1n) is 8.36. The number of hydrogen-bond donors (Lipinski definition) is 0. The minimum atomic E-state index is -0.424. The van der Waals surface area contributed by atoms with Gasteiger partial charge in [-0.25, -0.2) is 4.98 Å². The van der Waals surface area contributed by atoms with Crippen LogP contribution in [-0.2, 0) is 0 Å². The van der Waals surface area contributed by atoms with Gasteiger partial charge in [-0.05, 0) is 42.5 Å². The quantitative estimate of drug-likeness (QED) is 0.475. The van der Waals surface area contributed by atoms with Crippen LogP contribution >= 0.6 is 0 Å². The van der Waals surface area contributed by atoms with Crippen LogP contribution in [0.15, 0.2) is 46.9 Å². The van der Waals surface area contributed by atoms with Crippen molar-refractivity contribution in [3.8, 4) is 11.5 Å². The smallest absolute Gasteiger partial charge is 0.271 e. The predicted molar refractivity (Wildman–Crippen MR) is 91.9 cm³/mol. The van der Waals surface area contributed by atoms with Crippen LogP contribution in [0, 0.1) is 10.1 Å². The number of oxazole rings is 1. The maximum Gasteiger partial charge on any atom is 0.271 e. The Labute approximate surface area is 139 Å². The number of hydrogen-bond acceptors (Lipinski definition) is 4. The van der Waals surface area contributed by atoms with Crippen LogP contribution < -0.4 is 0 Å². The SMILES string of the molecule is O=[N+]([O-])c1ccc2oc(-c3ccc(C4CCCCC4)cc3)nc2c1. The summed E-state index contributed by atoms with van der Waals surface area (Å²) in [5, 5.41) is 10.9. The van der Waals surface area contributed by atoms with Crippen molar-refractivity contribution in [1.29, 1.82) is 0 Å². The van der Waals surface area contributed by atoms with Crippen molar-refractivity contribution >= 4 is 16.8 Å². The summed E-state index contributed by atoms with van der Waals surface area (Å²) in [6.45, 7) is 0. The molecule has 1 fully saturated rings. The van der Waals surface area contributed by atoms with Crippen molar-refractivity contribution in [3.05, 3.63) is 58.1 Å². The second-order valence-electron chi connectivity index (χ2n) is 6.39. The van der Waals surface area contributed by atoms with Gasteiger partial charge in [0.1, 0.15) is 5.52 Å². The maximum atomic E-state index is 10.9. The molecule has 0 spiro atoms. The highest BCUT2D eigenvalue weighted by molar-refractivity contribution is 5.78. The molecule has 2 aromatic carbocycles. The van der Waals surface area contributed by atoms with Gasteiger partial charge in [0.05, 0.1) is 4.92 Å². The largest absolute Gasteiger partial charge is 0.436 e. The molecule has 0 amide bonds. The molecule has 5 heteroatoms. The zero-order valence-corrected chi connectivity index (χ0v) is 13.3. The fourth-order valence-corrected chi connectivity index (χ4v) is 3.49. The van der Waals surface area contributed by atoms with Gasteiger partial charge in [0, 0.05) is 17.7 Å². The first-order chi connectivity index (χ1) is 11.7. The Morgan fingerprint density at radius 3 is 2.50 bits per heavy atom. The minimum Gasteiger partial charge on any atom is -0.436 e.